The van der Waals surface area contributed by atoms with E-state index in [1.807, 2.05) is 0 Å². The number of phenolic OH excluding ortho intramolecular Hbond substituents is 1. The van der Waals surface area contributed by atoms with Crippen LogP contribution in [0.5, 0.6) is 5.75 Å². The van der Waals surface area contributed by atoms with Crippen LogP contribution in [0.25, 0.3) is 0 Å². The highest BCUT2D eigenvalue weighted by Crippen LogP contribution is 2.37. The number of hydrogen-bond acceptors (Lipinski definition) is 4. The normalized spacial score (nSPS) is 14.5. The summed E-state index contributed by atoms with van der Waals surface area (Å²) in [5.74, 6) is -1.64. The van der Waals surface area contributed by atoms with Crippen molar-refractivity contribution in [3.05, 3.63) is 62.2 Å². The molecule has 2 aromatic rings. The van der Waals surface area contributed by atoms with Crippen LogP contribution in [0.15, 0.2) is 47.1 Å². The molecule has 0 radical (unpaired) electrons. The molecular formula is C16H8Cl4N2O3. The van der Waals surface area contributed by atoms with Gasteiger partial charge in [0.1, 0.15) is 16.5 Å². The summed E-state index contributed by atoms with van der Waals surface area (Å²) in [4.78, 5) is 25.9. The lowest BCUT2D eigenvalue weighted by Crippen LogP contribution is -2.32. The Morgan fingerprint density at radius 1 is 0.880 bits per heavy atom. The van der Waals surface area contributed by atoms with Gasteiger partial charge < -0.3 is 10.4 Å². The molecule has 25 heavy (non-hydrogen) atoms. The molecule has 1 heterocycles. The van der Waals surface area contributed by atoms with E-state index in [2.05, 4.69) is 5.32 Å². The summed E-state index contributed by atoms with van der Waals surface area (Å²) in [5.41, 5.74) is 0.0763. The maximum atomic E-state index is 12.7. The van der Waals surface area contributed by atoms with Crippen molar-refractivity contribution < 1.29 is 14.7 Å². The number of benzene rings is 2. The smallest absolute Gasteiger partial charge is 0.283 e. The Labute approximate surface area is 162 Å². The number of aromatic hydroxyl groups is 1. The summed E-state index contributed by atoms with van der Waals surface area (Å²) < 4.78 is 0. The van der Waals surface area contributed by atoms with Crippen molar-refractivity contribution in [3.8, 4) is 5.75 Å². The van der Waals surface area contributed by atoms with Gasteiger partial charge in [0.25, 0.3) is 11.8 Å². The monoisotopic (exact) mass is 416 g/mol. The Balaban J connectivity index is 1.98. The Morgan fingerprint density at radius 3 is 2.20 bits per heavy atom. The molecular weight excluding hydrogens is 410 g/mol. The third kappa shape index (κ3) is 3.28. The second kappa shape index (κ2) is 6.77. The molecule has 2 aromatic carbocycles. The number of anilines is 2. The summed E-state index contributed by atoms with van der Waals surface area (Å²) in [6.07, 6.45) is 0. The second-order valence-electron chi connectivity index (χ2n) is 5.02. The van der Waals surface area contributed by atoms with Crippen LogP contribution in [0, 0.1) is 0 Å². The molecule has 9 heteroatoms. The SMILES string of the molecule is O=C1C(Cl)=C(Nc2cc(Cl)ccc2O)C(=O)N1c1ccc(Cl)cc1Cl. The van der Waals surface area contributed by atoms with Gasteiger partial charge in [-0.3, -0.25) is 9.59 Å². The van der Waals surface area contributed by atoms with Crippen molar-refractivity contribution in [1.82, 2.24) is 0 Å². The van der Waals surface area contributed by atoms with Gasteiger partial charge in [-0.15, -0.1) is 0 Å². The maximum absolute atomic E-state index is 12.7. The molecule has 0 bridgehead atoms. The third-order valence-electron chi connectivity index (χ3n) is 3.40. The number of hydrogen-bond donors (Lipinski definition) is 2. The molecule has 2 amide bonds. The third-order valence-corrected chi connectivity index (χ3v) is 4.52. The van der Waals surface area contributed by atoms with Crippen molar-refractivity contribution in [1.29, 1.82) is 0 Å². The quantitative estimate of drug-likeness (QED) is 0.556. The minimum absolute atomic E-state index is 0.116. The number of carbonyl (C=O) groups excluding carboxylic acids is 2. The molecule has 128 valence electrons. The van der Waals surface area contributed by atoms with E-state index in [4.69, 9.17) is 46.4 Å². The molecule has 0 saturated carbocycles. The lowest BCUT2D eigenvalue weighted by Gasteiger charge is -2.17. The van der Waals surface area contributed by atoms with Crippen LogP contribution >= 0.6 is 46.4 Å². The summed E-state index contributed by atoms with van der Waals surface area (Å²) in [6.45, 7) is 0. The molecule has 5 nitrogen and oxygen atoms in total. The molecule has 0 aliphatic carbocycles. The highest BCUT2D eigenvalue weighted by Gasteiger charge is 2.40. The minimum Gasteiger partial charge on any atom is -0.506 e. The summed E-state index contributed by atoms with van der Waals surface area (Å²) >= 11 is 23.8. The van der Waals surface area contributed by atoms with Gasteiger partial charge in [0.2, 0.25) is 0 Å². The zero-order valence-electron chi connectivity index (χ0n) is 12.2. The predicted molar refractivity (Wildman–Crippen MR) is 98.6 cm³/mol. The Morgan fingerprint density at radius 2 is 1.52 bits per heavy atom. The van der Waals surface area contributed by atoms with Crippen molar-refractivity contribution in [2.75, 3.05) is 10.2 Å². The molecule has 0 saturated heterocycles. The molecule has 2 N–H and O–H groups in total. The number of imide groups is 1. The Bertz CT molecular complexity index is 943. The van der Waals surface area contributed by atoms with Gasteiger partial charge in [-0.25, -0.2) is 4.90 Å². The van der Waals surface area contributed by atoms with E-state index < -0.39 is 11.8 Å². The van der Waals surface area contributed by atoms with Crippen molar-refractivity contribution in [3.63, 3.8) is 0 Å². The number of phenols is 1. The molecule has 0 fully saturated rings. The fraction of sp³-hybridized carbons (Fsp3) is 0. The topological polar surface area (TPSA) is 69.6 Å². The molecule has 3 rings (SSSR count). The lowest BCUT2D eigenvalue weighted by molar-refractivity contribution is -0.120. The first-order chi connectivity index (χ1) is 11.8. The largest absolute Gasteiger partial charge is 0.506 e. The number of nitrogens with zero attached hydrogens (tertiary/aromatic N) is 1. The maximum Gasteiger partial charge on any atom is 0.283 e. The van der Waals surface area contributed by atoms with Crippen LogP contribution in [0.1, 0.15) is 0 Å². The summed E-state index contributed by atoms with van der Waals surface area (Å²) in [5, 5.41) is 13.0. The molecule has 0 atom stereocenters. The van der Waals surface area contributed by atoms with Crippen LogP contribution in [0.2, 0.25) is 15.1 Å². The molecule has 0 unspecified atom stereocenters. The van der Waals surface area contributed by atoms with Crippen molar-refractivity contribution >= 4 is 69.6 Å². The number of amides is 2. The average Bonchev–Trinajstić information content (AvgIpc) is 2.75. The fourth-order valence-electron chi connectivity index (χ4n) is 2.24. The summed E-state index contributed by atoms with van der Waals surface area (Å²) in [6, 6.07) is 8.54. The number of nitrogens with one attached hydrogen (secondary N) is 1. The molecule has 1 aliphatic rings. The second-order valence-corrected chi connectivity index (χ2v) is 6.67. The van der Waals surface area contributed by atoms with Gasteiger partial charge in [-0.2, -0.15) is 0 Å². The standard InChI is InChI=1S/C16H8Cl4N2O3/c17-7-1-3-11(9(19)5-7)22-15(24)13(20)14(16(22)25)21-10-6-8(18)2-4-12(10)23/h1-6,21,23H. The van der Waals surface area contributed by atoms with Gasteiger partial charge >= 0.3 is 0 Å². The zero-order valence-corrected chi connectivity index (χ0v) is 15.2. The molecule has 0 aromatic heterocycles. The van der Waals surface area contributed by atoms with Crippen molar-refractivity contribution in [2.24, 2.45) is 0 Å². The van der Waals surface area contributed by atoms with Crippen LogP contribution in [0.4, 0.5) is 11.4 Å². The summed E-state index contributed by atoms with van der Waals surface area (Å²) in [7, 11) is 0. The van der Waals surface area contributed by atoms with Gasteiger partial charge in [-0.1, -0.05) is 46.4 Å². The van der Waals surface area contributed by atoms with Gasteiger partial charge in [0, 0.05) is 10.0 Å². The highest BCUT2D eigenvalue weighted by molar-refractivity contribution is 6.54. The lowest BCUT2D eigenvalue weighted by atomic mass is 10.2. The number of halogens is 4. The van der Waals surface area contributed by atoms with E-state index in [1.165, 1.54) is 36.4 Å². The van der Waals surface area contributed by atoms with Crippen LogP contribution in [-0.4, -0.2) is 16.9 Å². The zero-order chi connectivity index (χ0) is 18.3. The van der Waals surface area contributed by atoms with Crippen molar-refractivity contribution in [2.45, 2.75) is 0 Å². The first-order valence-electron chi connectivity index (χ1n) is 6.78. The van der Waals surface area contributed by atoms with E-state index in [-0.39, 0.29) is 32.9 Å². The van der Waals surface area contributed by atoms with E-state index in [9.17, 15) is 14.7 Å². The predicted octanol–water partition coefficient (Wildman–Crippen LogP) is 4.79. The molecule has 0 spiro atoms. The van der Waals surface area contributed by atoms with Gasteiger partial charge in [-0.05, 0) is 36.4 Å². The van der Waals surface area contributed by atoms with Crippen LogP contribution in [-0.2, 0) is 9.59 Å². The number of carbonyl (C=O) groups is 2. The van der Waals surface area contributed by atoms with E-state index in [1.54, 1.807) is 0 Å². The van der Waals surface area contributed by atoms with Crippen LogP contribution < -0.4 is 10.2 Å². The number of rotatable bonds is 3. The minimum atomic E-state index is -0.750. The highest BCUT2D eigenvalue weighted by atomic mass is 35.5. The average molecular weight is 418 g/mol. The fourth-order valence-corrected chi connectivity index (χ4v) is 3.11. The Kier molecular flexibility index (Phi) is 4.84. The van der Waals surface area contributed by atoms with Gasteiger partial charge in [0.15, 0.2) is 0 Å². The Hall–Kier alpha value is -1.92. The van der Waals surface area contributed by atoms with Gasteiger partial charge in [0.05, 0.1) is 16.4 Å². The van der Waals surface area contributed by atoms with E-state index in [0.717, 1.165) is 4.90 Å². The molecule has 1 aliphatic heterocycles. The first-order valence-corrected chi connectivity index (χ1v) is 8.30. The van der Waals surface area contributed by atoms with Crippen LogP contribution in [0.3, 0.4) is 0 Å². The van der Waals surface area contributed by atoms with E-state index >= 15 is 0 Å². The van der Waals surface area contributed by atoms with E-state index in [0.29, 0.717) is 10.0 Å². The first kappa shape index (κ1) is 17.9.